The summed E-state index contributed by atoms with van der Waals surface area (Å²) in [4.78, 5) is 12.9. The molecule has 4 heteroatoms. The van der Waals surface area contributed by atoms with Crippen LogP contribution >= 0.6 is 0 Å². The monoisotopic (exact) mass is 223 g/mol. The van der Waals surface area contributed by atoms with Crippen LogP contribution in [0.1, 0.15) is 28.8 Å². The van der Waals surface area contributed by atoms with E-state index < -0.39 is 11.8 Å². The van der Waals surface area contributed by atoms with Crippen molar-refractivity contribution < 1.29 is 14.3 Å². The largest absolute Gasteiger partial charge is 0.478 e. The lowest BCUT2D eigenvalue weighted by atomic mass is 10.1. The van der Waals surface area contributed by atoms with Gasteiger partial charge in [0.2, 0.25) is 0 Å². The number of carbonyl (C=O) groups is 1. The van der Waals surface area contributed by atoms with Crippen LogP contribution in [-0.2, 0) is 6.54 Å². The standard InChI is InChI=1S/C12H14FNO2/c13-11-7-9(3-4-10(11)12(15)16)8-14-5-1-2-6-14/h3-4,7H,1-2,5-6,8H2,(H,15,16). The summed E-state index contributed by atoms with van der Waals surface area (Å²) in [6, 6.07) is 4.34. The van der Waals surface area contributed by atoms with Crippen molar-refractivity contribution in [3.63, 3.8) is 0 Å². The van der Waals surface area contributed by atoms with Crippen LogP contribution in [0.3, 0.4) is 0 Å². The Labute approximate surface area is 93.5 Å². The molecule has 0 spiro atoms. The van der Waals surface area contributed by atoms with Crippen molar-refractivity contribution in [2.45, 2.75) is 19.4 Å². The molecule has 0 atom stereocenters. The van der Waals surface area contributed by atoms with E-state index in [0.717, 1.165) is 18.7 Å². The van der Waals surface area contributed by atoms with E-state index in [9.17, 15) is 9.18 Å². The molecule has 0 radical (unpaired) electrons. The second kappa shape index (κ2) is 4.61. The predicted molar refractivity (Wildman–Crippen MR) is 57.9 cm³/mol. The van der Waals surface area contributed by atoms with Crippen molar-refractivity contribution in [3.8, 4) is 0 Å². The number of benzene rings is 1. The number of hydrogen-bond acceptors (Lipinski definition) is 2. The fraction of sp³-hybridized carbons (Fsp3) is 0.417. The third kappa shape index (κ3) is 2.39. The molecule has 1 aliphatic heterocycles. The number of nitrogens with zero attached hydrogens (tertiary/aromatic N) is 1. The van der Waals surface area contributed by atoms with Gasteiger partial charge in [0, 0.05) is 6.54 Å². The van der Waals surface area contributed by atoms with Crippen molar-refractivity contribution in [2.24, 2.45) is 0 Å². The molecule has 1 aromatic rings. The summed E-state index contributed by atoms with van der Waals surface area (Å²) in [7, 11) is 0. The lowest BCUT2D eigenvalue weighted by Gasteiger charge is -2.14. The molecule has 86 valence electrons. The van der Waals surface area contributed by atoms with Gasteiger partial charge in [-0.2, -0.15) is 0 Å². The minimum Gasteiger partial charge on any atom is -0.478 e. The Morgan fingerprint density at radius 3 is 2.62 bits per heavy atom. The molecule has 0 aliphatic carbocycles. The molecule has 1 saturated heterocycles. The Morgan fingerprint density at radius 1 is 1.38 bits per heavy atom. The maximum atomic E-state index is 13.4. The van der Waals surface area contributed by atoms with E-state index in [4.69, 9.17) is 5.11 Å². The van der Waals surface area contributed by atoms with E-state index in [1.165, 1.54) is 25.0 Å². The quantitative estimate of drug-likeness (QED) is 0.853. The lowest BCUT2D eigenvalue weighted by molar-refractivity contribution is 0.0692. The SMILES string of the molecule is O=C(O)c1ccc(CN2CCCC2)cc1F. The van der Waals surface area contributed by atoms with Crippen LogP contribution in [0.4, 0.5) is 4.39 Å². The van der Waals surface area contributed by atoms with Crippen molar-refractivity contribution in [1.82, 2.24) is 4.90 Å². The highest BCUT2D eigenvalue weighted by atomic mass is 19.1. The first-order chi connectivity index (χ1) is 7.66. The van der Waals surface area contributed by atoms with Gasteiger partial charge >= 0.3 is 5.97 Å². The first kappa shape index (κ1) is 11.1. The van der Waals surface area contributed by atoms with Gasteiger partial charge in [-0.25, -0.2) is 9.18 Å². The van der Waals surface area contributed by atoms with Crippen LogP contribution in [0, 0.1) is 5.82 Å². The summed E-state index contributed by atoms with van der Waals surface area (Å²) in [6.07, 6.45) is 2.38. The average molecular weight is 223 g/mol. The number of halogens is 1. The van der Waals surface area contributed by atoms with Crippen molar-refractivity contribution in [3.05, 3.63) is 35.1 Å². The molecule has 1 fully saturated rings. The van der Waals surface area contributed by atoms with E-state index in [1.54, 1.807) is 6.07 Å². The number of carboxylic acid groups (broad SMARTS) is 1. The van der Waals surface area contributed by atoms with Gasteiger partial charge in [0.15, 0.2) is 0 Å². The smallest absolute Gasteiger partial charge is 0.338 e. The van der Waals surface area contributed by atoms with E-state index in [0.29, 0.717) is 6.54 Å². The third-order valence-corrected chi connectivity index (χ3v) is 2.87. The second-order valence-electron chi connectivity index (χ2n) is 4.10. The Hall–Kier alpha value is -1.42. The summed E-state index contributed by atoms with van der Waals surface area (Å²) in [5, 5.41) is 8.69. The highest BCUT2D eigenvalue weighted by molar-refractivity contribution is 5.87. The van der Waals surface area contributed by atoms with Gasteiger partial charge in [0.25, 0.3) is 0 Å². The zero-order valence-corrected chi connectivity index (χ0v) is 8.95. The summed E-state index contributed by atoms with van der Waals surface area (Å²) >= 11 is 0. The summed E-state index contributed by atoms with van der Waals surface area (Å²) in [5.74, 6) is -1.87. The zero-order valence-electron chi connectivity index (χ0n) is 8.95. The molecule has 2 rings (SSSR count). The maximum Gasteiger partial charge on any atom is 0.338 e. The molecule has 0 unspecified atom stereocenters. The van der Waals surface area contributed by atoms with Gasteiger partial charge in [0.1, 0.15) is 5.82 Å². The topological polar surface area (TPSA) is 40.5 Å². The fourth-order valence-corrected chi connectivity index (χ4v) is 2.03. The van der Waals surface area contributed by atoms with E-state index >= 15 is 0 Å². The summed E-state index contributed by atoms with van der Waals surface area (Å²) in [6.45, 7) is 2.79. The molecule has 3 nitrogen and oxygen atoms in total. The molecule has 0 aromatic heterocycles. The minimum atomic E-state index is -1.22. The highest BCUT2D eigenvalue weighted by Crippen LogP contribution is 2.15. The molecule has 1 aromatic carbocycles. The minimum absolute atomic E-state index is 0.259. The predicted octanol–water partition coefficient (Wildman–Crippen LogP) is 2.12. The summed E-state index contributed by atoms with van der Waals surface area (Å²) in [5.41, 5.74) is 0.578. The fourth-order valence-electron chi connectivity index (χ4n) is 2.03. The first-order valence-electron chi connectivity index (χ1n) is 5.41. The van der Waals surface area contributed by atoms with Gasteiger partial charge in [-0.1, -0.05) is 6.07 Å². The number of aromatic carboxylic acids is 1. The molecule has 1 aliphatic rings. The van der Waals surface area contributed by atoms with Gasteiger partial charge in [-0.05, 0) is 43.6 Å². The Bertz CT molecular complexity index is 400. The van der Waals surface area contributed by atoms with E-state index in [1.807, 2.05) is 0 Å². The van der Waals surface area contributed by atoms with Crippen LogP contribution < -0.4 is 0 Å². The van der Waals surface area contributed by atoms with Crippen LogP contribution in [0.5, 0.6) is 0 Å². The highest BCUT2D eigenvalue weighted by Gasteiger charge is 2.14. The zero-order chi connectivity index (χ0) is 11.5. The van der Waals surface area contributed by atoms with Crippen LogP contribution in [0.15, 0.2) is 18.2 Å². The number of carboxylic acids is 1. The summed E-state index contributed by atoms with van der Waals surface area (Å²) < 4.78 is 13.4. The van der Waals surface area contributed by atoms with Gasteiger partial charge in [-0.15, -0.1) is 0 Å². The van der Waals surface area contributed by atoms with Crippen LogP contribution in [0.25, 0.3) is 0 Å². The lowest BCUT2D eigenvalue weighted by Crippen LogP contribution is -2.18. The Morgan fingerprint density at radius 2 is 2.06 bits per heavy atom. The van der Waals surface area contributed by atoms with Gasteiger partial charge in [-0.3, -0.25) is 4.90 Å². The molecule has 16 heavy (non-hydrogen) atoms. The van der Waals surface area contributed by atoms with Crippen molar-refractivity contribution >= 4 is 5.97 Å². The molecule has 1 heterocycles. The van der Waals surface area contributed by atoms with E-state index in [2.05, 4.69) is 4.90 Å². The third-order valence-electron chi connectivity index (χ3n) is 2.87. The van der Waals surface area contributed by atoms with Gasteiger partial charge in [0.05, 0.1) is 5.56 Å². The van der Waals surface area contributed by atoms with Crippen LogP contribution in [-0.4, -0.2) is 29.1 Å². The van der Waals surface area contributed by atoms with Crippen LogP contribution in [0.2, 0.25) is 0 Å². The normalized spacial score (nSPS) is 16.6. The number of likely N-dealkylation sites (tertiary alicyclic amines) is 1. The second-order valence-corrected chi connectivity index (χ2v) is 4.10. The van der Waals surface area contributed by atoms with Crippen molar-refractivity contribution in [1.29, 1.82) is 0 Å². The molecule has 0 saturated carbocycles. The Balaban J connectivity index is 2.11. The van der Waals surface area contributed by atoms with Gasteiger partial charge < -0.3 is 5.11 Å². The van der Waals surface area contributed by atoms with E-state index in [-0.39, 0.29) is 5.56 Å². The number of hydrogen-bond donors (Lipinski definition) is 1. The molecule has 0 bridgehead atoms. The van der Waals surface area contributed by atoms with Crippen molar-refractivity contribution in [2.75, 3.05) is 13.1 Å². The molecular formula is C12H14FNO2. The Kier molecular flexibility index (Phi) is 3.19. The average Bonchev–Trinajstić information content (AvgIpc) is 2.70. The number of rotatable bonds is 3. The maximum absolute atomic E-state index is 13.4. The molecule has 1 N–H and O–H groups in total. The molecular weight excluding hydrogens is 209 g/mol. The first-order valence-corrected chi connectivity index (χ1v) is 5.41. The molecule has 0 amide bonds.